The Bertz CT molecular complexity index is 784. The monoisotopic (exact) mass is 494 g/mol. The highest BCUT2D eigenvalue weighted by atomic mass is 16.7. The molecule has 0 amide bonds. The minimum absolute atomic E-state index is 0.0145. The van der Waals surface area contributed by atoms with Crippen LogP contribution >= 0.6 is 0 Å². The molecule has 2 aliphatic heterocycles. The number of ether oxygens (including phenoxy) is 8. The maximum absolute atomic E-state index is 8.78. The quantitative estimate of drug-likeness (QED) is 0.349. The Morgan fingerprint density at radius 3 is 1.57 bits per heavy atom. The van der Waals surface area contributed by atoms with Gasteiger partial charge in [-0.1, -0.05) is 22.4 Å². The lowest BCUT2D eigenvalue weighted by atomic mass is 10.0. The summed E-state index contributed by atoms with van der Waals surface area (Å²) in [6.45, 7) is 2.26. The second-order valence-electron chi connectivity index (χ2n) is 7.39. The lowest BCUT2D eigenvalue weighted by molar-refractivity contribution is -0.140. The highest BCUT2D eigenvalue weighted by Gasteiger charge is 2.40. The van der Waals surface area contributed by atoms with Gasteiger partial charge in [0.1, 0.15) is 32.2 Å². The Kier molecular flexibility index (Phi) is 12.2. The van der Waals surface area contributed by atoms with Crippen molar-refractivity contribution in [3.63, 3.8) is 0 Å². The molecule has 14 nitrogen and oxygen atoms in total. The van der Waals surface area contributed by atoms with Crippen LogP contribution in [0.1, 0.15) is 0 Å². The van der Waals surface area contributed by atoms with E-state index in [0.29, 0.717) is 37.9 Å². The first-order valence-corrected chi connectivity index (χ1v) is 11.3. The number of fused-ring (bicyclic) bond motifs is 2. The maximum atomic E-state index is 8.78. The number of hydrogen-bond donors (Lipinski definition) is 0. The van der Waals surface area contributed by atoms with Crippen molar-refractivity contribution in [2.75, 3.05) is 72.7 Å². The lowest BCUT2D eigenvalue weighted by Gasteiger charge is -2.32. The van der Waals surface area contributed by atoms with Crippen LogP contribution in [0, 0.1) is 0 Å². The zero-order valence-electron chi connectivity index (χ0n) is 19.3. The molecule has 0 bridgehead atoms. The molecule has 2 aliphatic rings. The van der Waals surface area contributed by atoms with Gasteiger partial charge in [-0.15, -0.1) is 0 Å². The van der Waals surface area contributed by atoms with Crippen molar-refractivity contribution in [1.29, 1.82) is 0 Å². The minimum Gasteiger partial charge on any atom is -0.487 e. The van der Waals surface area contributed by atoms with Crippen LogP contribution in [0.15, 0.2) is 34.5 Å². The summed E-state index contributed by atoms with van der Waals surface area (Å²) in [6, 6.07) is 7.40. The van der Waals surface area contributed by atoms with Gasteiger partial charge in [0.05, 0.1) is 64.9 Å². The van der Waals surface area contributed by atoms with Gasteiger partial charge in [-0.2, -0.15) is 0 Å². The summed E-state index contributed by atoms with van der Waals surface area (Å²) in [4.78, 5) is 5.63. The smallest absolute Gasteiger partial charge is 0.161 e. The summed E-state index contributed by atoms with van der Waals surface area (Å²) >= 11 is 0. The molecule has 35 heavy (non-hydrogen) atoms. The first kappa shape index (κ1) is 26.8. The van der Waals surface area contributed by atoms with E-state index in [1.807, 2.05) is 24.3 Å². The van der Waals surface area contributed by atoms with E-state index in [1.54, 1.807) is 0 Å². The summed E-state index contributed by atoms with van der Waals surface area (Å²) in [5.74, 6) is 1.25. The molecule has 4 atom stereocenters. The van der Waals surface area contributed by atoms with Crippen molar-refractivity contribution in [3.05, 3.63) is 45.2 Å². The molecule has 0 saturated carbocycles. The van der Waals surface area contributed by atoms with E-state index in [9.17, 15) is 0 Å². The van der Waals surface area contributed by atoms with Crippen LogP contribution in [-0.4, -0.2) is 97.2 Å². The fourth-order valence-corrected chi connectivity index (χ4v) is 3.58. The zero-order chi connectivity index (χ0) is 24.6. The molecule has 1 aromatic carbocycles. The number of para-hydroxylation sites is 2. The predicted molar refractivity (Wildman–Crippen MR) is 121 cm³/mol. The van der Waals surface area contributed by atoms with Crippen LogP contribution in [0.3, 0.4) is 0 Å². The molecular formula is C21H30N6O8. The maximum Gasteiger partial charge on any atom is 0.161 e. The first-order valence-electron chi connectivity index (χ1n) is 11.3. The van der Waals surface area contributed by atoms with Gasteiger partial charge in [-0.05, 0) is 23.2 Å². The van der Waals surface area contributed by atoms with Crippen molar-refractivity contribution in [3.8, 4) is 11.5 Å². The Balaban J connectivity index is 1.69. The molecule has 0 spiro atoms. The molecule has 1 aromatic rings. The molecule has 0 aromatic heterocycles. The number of nitrogens with zero attached hydrogens (tertiary/aromatic N) is 6. The fraction of sp³-hybridized carbons (Fsp3) is 0.714. The standard InChI is InChI=1S/C21H30N6O8/c22-26-24-13-18-20-21(19(14-25-27-23)35-15-34-18)33-12-8-29-6-10-31-17-4-2-1-3-16(17)30-9-5-28-7-11-32-20/h1-4,18-21H,5-15H2/t18-,19-,20+,21+/m1/s1. The Labute approximate surface area is 202 Å². The molecule has 1 fully saturated rings. The Hall–Kier alpha value is -2.80. The second-order valence-corrected chi connectivity index (χ2v) is 7.39. The third-order valence-corrected chi connectivity index (χ3v) is 5.17. The highest BCUT2D eigenvalue weighted by molar-refractivity contribution is 5.39. The third kappa shape index (κ3) is 9.06. The molecule has 14 heteroatoms. The number of azide groups is 2. The van der Waals surface area contributed by atoms with Gasteiger partial charge in [0.25, 0.3) is 0 Å². The summed E-state index contributed by atoms with van der Waals surface area (Å²) in [5.41, 5.74) is 17.6. The SMILES string of the molecule is [N-]=[N+]=NC[C@H]1OCO[C@H](CN=[N+]=[N-])[C@@H]2OCCOCCOc3ccccc3OCCOCCO[C@H]21. The van der Waals surface area contributed by atoms with Crippen LogP contribution in [0.2, 0.25) is 0 Å². The fourth-order valence-electron chi connectivity index (χ4n) is 3.58. The molecule has 0 unspecified atom stereocenters. The van der Waals surface area contributed by atoms with Gasteiger partial charge in [-0.25, -0.2) is 0 Å². The molecule has 3 rings (SSSR count). The molecular weight excluding hydrogens is 464 g/mol. The van der Waals surface area contributed by atoms with Crippen molar-refractivity contribution >= 4 is 0 Å². The van der Waals surface area contributed by atoms with E-state index in [0.717, 1.165) is 0 Å². The Morgan fingerprint density at radius 2 is 1.11 bits per heavy atom. The van der Waals surface area contributed by atoms with E-state index in [1.165, 1.54) is 0 Å². The third-order valence-electron chi connectivity index (χ3n) is 5.17. The van der Waals surface area contributed by atoms with Crippen LogP contribution in [0.5, 0.6) is 11.5 Å². The number of benzene rings is 1. The predicted octanol–water partition coefficient (Wildman–Crippen LogP) is 2.62. The molecule has 1 saturated heterocycles. The summed E-state index contributed by atoms with van der Waals surface area (Å²) < 4.78 is 46.4. The van der Waals surface area contributed by atoms with Gasteiger partial charge < -0.3 is 37.9 Å². The number of rotatable bonds is 4. The molecule has 0 N–H and O–H groups in total. The van der Waals surface area contributed by atoms with E-state index in [-0.39, 0.29) is 46.3 Å². The summed E-state index contributed by atoms with van der Waals surface area (Å²) in [7, 11) is 0. The zero-order valence-corrected chi connectivity index (χ0v) is 19.3. The molecule has 0 radical (unpaired) electrons. The van der Waals surface area contributed by atoms with Gasteiger partial charge in [0.15, 0.2) is 11.5 Å². The van der Waals surface area contributed by atoms with E-state index in [4.69, 9.17) is 49.0 Å². The van der Waals surface area contributed by atoms with Crippen molar-refractivity contribution in [2.24, 2.45) is 10.2 Å². The normalized spacial score (nSPS) is 27.0. The molecule has 0 aliphatic carbocycles. The van der Waals surface area contributed by atoms with Crippen molar-refractivity contribution < 1.29 is 37.9 Å². The van der Waals surface area contributed by atoms with Gasteiger partial charge >= 0.3 is 0 Å². The van der Waals surface area contributed by atoms with Gasteiger partial charge in [0, 0.05) is 9.82 Å². The average Bonchev–Trinajstić information content (AvgIpc) is 3.04. The second kappa shape index (κ2) is 16.0. The first-order chi connectivity index (χ1) is 17.3. The lowest BCUT2D eigenvalue weighted by Crippen LogP contribution is -2.49. The van der Waals surface area contributed by atoms with Crippen LogP contribution in [-0.2, 0) is 28.4 Å². The Morgan fingerprint density at radius 1 is 0.657 bits per heavy atom. The van der Waals surface area contributed by atoms with E-state index >= 15 is 0 Å². The van der Waals surface area contributed by atoms with Crippen LogP contribution in [0.25, 0.3) is 20.9 Å². The highest BCUT2D eigenvalue weighted by Crippen LogP contribution is 2.26. The average molecular weight is 495 g/mol. The van der Waals surface area contributed by atoms with Crippen LogP contribution < -0.4 is 9.47 Å². The molecule has 192 valence electrons. The van der Waals surface area contributed by atoms with Gasteiger partial charge in [-0.3, -0.25) is 0 Å². The number of hydrogen-bond acceptors (Lipinski definition) is 10. The van der Waals surface area contributed by atoms with Crippen molar-refractivity contribution in [1.82, 2.24) is 0 Å². The largest absolute Gasteiger partial charge is 0.487 e. The van der Waals surface area contributed by atoms with E-state index < -0.39 is 24.4 Å². The van der Waals surface area contributed by atoms with Gasteiger partial charge in [0.2, 0.25) is 0 Å². The van der Waals surface area contributed by atoms with E-state index in [2.05, 4.69) is 20.1 Å². The topological polar surface area (TPSA) is 171 Å². The van der Waals surface area contributed by atoms with Crippen LogP contribution in [0.4, 0.5) is 0 Å². The molecule has 2 heterocycles. The summed E-state index contributed by atoms with van der Waals surface area (Å²) in [5, 5.41) is 7.26. The van der Waals surface area contributed by atoms with Crippen molar-refractivity contribution in [2.45, 2.75) is 24.4 Å². The minimum atomic E-state index is -0.671. The summed E-state index contributed by atoms with van der Waals surface area (Å²) in [6.07, 6.45) is -2.61.